The molecule has 6 heteroatoms. The molecule has 2 N–H and O–H groups in total. The first kappa shape index (κ1) is 14.0. The predicted octanol–water partition coefficient (Wildman–Crippen LogP) is 1.57. The molecule has 0 fully saturated rings. The molecule has 0 aliphatic rings. The number of hydrogen-bond acceptors (Lipinski definition) is 4. The van der Waals surface area contributed by atoms with Crippen molar-refractivity contribution < 1.29 is 4.79 Å². The summed E-state index contributed by atoms with van der Waals surface area (Å²) in [5.74, 6) is 0.517. The molecule has 2 aromatic rings. The first-order chi connectivity index (χ1) is 9.08. The number of thiazole rings is 1. The van der Waals surface area contributed by atoms with Gasteiger partial charge in [0.15, 0.2) is 4.96 Å². The third-order valence-electron chi connectivity index (χ3n) is 2.85. The molecule has 1 amide bonds. The average Bonchev–Trinajstić information content (AvgIpc) is 2.89. The molecule has 104 valence electrons. The lowest BCUT2D eigenvalue weighted by Gasteiger charge is -2.08. The van der Waals surface area contributed by atoms with Gasteiger partial charge in [-0.05, 0) is 12.8 Å². The molecular weight excluding hydrogens is 260 g/mol. The Morgan fingerprint density at radius 2 is 2.32 bits per heavy atom. The molecule has 0 unspecified atom stereocenters. The van der Waals surface area contributed by atoms with Crippen molar-refractivity contribution in [3.8, 4) is 0 Å². The highest BCUT2D eigenvalue weighted by atomic mass is 32.1. The fourth-order valence-electron chi connectivity index (χ4n) is 1.83. The molecule has 0 aliphatic heterocycles. The summed E-state index contributed by atoms with van der Waals surface area (Å²) in [6.45, 7) is 7.87. The molecule has 5 nitrogen and oxygen atoms in total. The van der Waals surface area contributed by atoms with Gasteiger partial charge in [-0.1, -0.05) is 13.8 Å². The van der Waals surface area contributed by atoms with Gasteiger partial charge in [-0.15, -0.1) is 11.3 Å². The summed E-state index contributed by atoms with van der Waals surface area (Å²) in [5, 5.41) is 8.07. The second-order valence-electron chi connectivity index (χ2n) is 5.00. The number of hydrogen-bond donors (Lipinski definition) is 2. The van der Waals surface area contributed by atoms with Gasteiger partial charge in [-0.2, -0.15) is 0 Å². The molecule has 0 radical (unpaired) electrons. The summed E-state index contributed by atoms with van der Waals surface area (Å²) in [5.41, 5.74) is 2.13. The largest absolute Gasteiger partial charge is 0.355 e. The van der Waals surface area contributed by atoms with Gasteiger partial charge in [0.25, 0.3) is 0 Å². The van der Waals surface area contributed by atoms with E-state index in [1.165, 1.54) is 0 Å². The van der Waals surface area contributed by atoms with Crippen LogP contribution in [0.5, 0.6) is 0 Å². The Morgan fingerprint density at radius 1 is 1.53 bits per heavy atom. The number of amides is 1. The van der Waals surface area contributed by atoms with Crippen LogP contribution in [0.15, 0.2) is 11.6 Å². The summed E-state index contributed by atoms with van der Waals surface area (Å²) < 4.78 is 2.07. The topological polar surface area (TPSA) is 58.4 Å². The highest BCUT2D eigenvalue weighted by molar-refractivity contribution is 7.15. The van der Waals surface area contributed by atoms with Crippen molar-refractivity contribution >= 4 is 22.2 Å². The van der Waals surface area contributed by atoms with E-state index in [2.05, 4.69) is 33.9 Å². The molecule has 0 aliphatic carbocycles. The van der Waals surface area contributed by atoms with E-state index in [4.69, 9.17) is 0 Å². The van der Waals surface area contributed by atoms with E-state index in [0.29, 0.717) is 19.0 Å². The van der Waals surface area contributed by atoms with Gasteiger partial charge in [0.05, 0.1) is 17.9 Å². The lowest BCUT2D eigenvalue weighted by molar-refractivity contribution is -0.120. The SMILES string of the molecule is Cc1nc2sccn2c1CNCC(=O)NCC(C)C. The van der Waals surface area contributed by atoms with Gasteiger partial charge in [0.1, 0.15) is 0 Å². The first-order valence-corrected chi connectivity index (χ1v) is 7.34. The van der Waals surface area contributed by atoms with Crippen molar-refractivity contribution in [3.63, 3.8) is 0 Å². The van der Waals surface area contributed by atoms with E-state index in [0.717, 1.165) is 22.9 Å². The second-order valence-corrected chi connectivity index (χ2v) is 5.87. The van der Waals surface area contributed by atoms with Crippen molar-refractivity contribution in [2.75, 3.05) is 13.1 Å². The lowest BCUT2D eigenvalue weighted by Crippen LogP contribution is -2.35. The van der Waals surface area contributed by atoms with Crippen LogP contribution in [0, 0.1) is 12.8 Å². The maximum atomic E-state index is 11.6. The number of aromatic nitrogens is 2. The Labute approximate surface area is 117 Å². The van der Waals surface area contributed by atoms with Crippen LogP contribution in [0.3, 0.4) is 0 Å². The zero-order valence-electron chi connectivity index (χ0n) is 11.6. The number of carbonyl (C=O) groups is 1. The van der Waals surface area contributed by atoms with Crippen molar-refractivity contribution in [1.82, 2.24) is 20.0 Å². The fourth-order valence-corrected chi connectivity index (χ4v) is 2.61. The zero-order valence-corrected chi connectivity index (χ0v) is 12.4. The van der Waals surface area contributed by atoms with Gasteiger partial charge in [0, 0.05) is 24.7 Å². The number of imidazole rings is 1. The molecule has 0 spiro atoms. The maximum absolute atomic E-state index is 11.6. The first-order valence-electron chi connectivity index (χ1n) is 6.46. The van der Waals surface area contributed by atoms with Crippen LogP contribution in [-0.4, -0.2) is 28.4 Å². The molecule has 19 heavy (non-hydrogen) atoms. The van der Waals surface area contributed by atoms with Crippen LogP contribution in [0.25, 0.3) is 4.96 Å². The Balaban J connectivity index is 1.84. The fraction of sp³-hybridized carbons (Fsp3) is 0.538. The Morgan fingerprint density at radius 3 is 3.05 bits per heavy atom. The standard InChI is InChI=1S/C13H20N4OS/c1-9(2)6-15-12(18)8-14-7-11-10(3)16-13-17(11)4-5-19-13/h4-5,9,14H,6-8H2,1-3H3,(H,15,18). The van der Waals surface area contributed by atoms with Crippen LogP contribution in [-0.2, 0) is 11.3 Å². The van der Waals surface area contributed by atoms with Crippen LogP contribution < -0.4 is 10.6 Å². The maximum Gasteiger partial charge on any atom is 0.233 e. The molecule has 2 aromatic heterocycles. The van der Waals surface area contributed by atoms with Crippen LogP contribution in [0.2, 0.25) is 0 Å². The minimum absolute atomic E-state index is 0.0393. The van der Waals surface area contributed by atoms with Gasteiger partial charge in [-0.25, -0.2) is 4.98 Å². The number of nitrogens with one attached hydrogen (secondary N) is 2. The predicted molar refractivity (Wildman–Crippen MR) is 77.4 cm³/mol. The molecular formula is C13H20N4OS. The normalized spacial score (nSPS) is 11.4. The Hall–Kier alpha value is -1.40. The monoisotopic (exact) mass is 280 g/mol. The highest BCUT2D eigenvalue weighted by Crippen LogP contribution is 2.16. The van der Waals surface area contributed by atoms with E-state index in [1.807, 2.05) is 18.5 Å². The van der Waals surface area contributed by atoms with E-state index in [9.17, 15) is 4.79 Å². The van der Waals surface area contributed by atoms with Crippen molar-refractivity contribution in [1.29, 1.82) is 0 Å². The number of aryl methyl sites for hydroxylation is 1. The summed E-state index contributed by atoms with van der Waals surface area (Å²) in [6, 6.07) is 0. The number of nitrogens with zero attached hydrogens (tertiary/aromatic N) is 2. The van der Waals surface area contributed by atoms with E-state index in [1.54, 1.807) is 11.3 Å². The van der Waals surface area contributed by atoms with Gasteiger partial charge >= 0.3 is 0 Å². The summed E-state index contributed by atoms with van der Waals surface area (Å²) in [6.07, 6.45) is 2.01. The third-order valence-corrected chi connectivity index (χ3v) is 3.60. The Bertz CT molecular complexity index is 558. The minimum atomic E-state index is 0.0393. The molecule has 2 heterocycles. The Kier molecular flexibility index (Phi) is 4.55. The van der Waals surface area contributed by atoms with Gasteiger partial charge < -0.3 is 10.6 Å². The van der Waals surface area contributed by atoms with E-state index < -0.39 is 0 Å². The van der Waals surface area contributed by atoms with E-state index >= 15 is 0 Å². The van der Waals surface area contributed by atoms with Crippen LogP contribution in [0.4, 0.5) is 0 Å². The van der Waals surface area contributed by atoms with Crippen molar-refractivity contribution in [2.24, 2.45) is 5.92 Å². The number of fused-ring (bicyclic) bond motifs is 1. The minimum Gasteiger partial charge on any atom is -0.355 e. The summed E-state index contributed by atoms with van der Waals surface area (Å²) in [7, 11) is 0. The van der Waals surface area contributed by atoms with Gasteiger partial charge in [0.2, 0.25) is 5.91 Å². The van der Waals surface area contributed by atoms with Crippen molar-refractivity contribution in [2.45, 2.75) is 27.3 Å². The molecule has 0 saturated heterocycles. The summed E-state index contributed by atoms with van der Waals surface area (Å²) >= 11 is 1.62. The lowest BCUT2D eigenvalue weighted by atomic mass is 10.2. The zero-order chi connectivity index (χ0) is 13.8. The van der Waals surface area contributed by atoms with Crippen LogP contribution in [0.1, 0.15) is 25.2 Å². The second kappa shape index (κ2) is 6.16. The van der Waals surface area contributed by atoms with E-state index in [-0.39, 0.29) is 5.91 Å². The number of rotatable bonds is 6. The average molecular weight is 280 g/mol. The van der Waals surface area contributed by atoms with Gasteiger partial charge in [-0.3, -0.25) is 9.20 Å². The summed E-state index contributed by atoms with van der Waals surface area (Å²) in [4.78, 5) is 17.1. The smallest absolute Gasteiger partial charge is 0.233 e. The third kappa shape index (κ3) is 3.54. The quantitative estimate of drug-likeness (QED) is 0.844. The molecule has 0 bridgehead atoms. The molecule has 2 rings (SSSR count). The molecule has 0 saturated carbocycles. The number of carbonyl (C=O) groups excluding carboxylic acids is 1. The van der Waals surface area contributed by atoms with Crippen molar-refractivity contribution in [3.05, 3.63) is 23.0 Å². The molecule has 0 atom stereocenters. The molecule has 0 aromatic carbocycles. The van der Waals surface area contributed by atoms with Crippen LogP contribution >= 0.6 is 11.3 Å². The highest BCUT2D eigenvalue weighted by Gasteiger charge is 2.09.